The van der Waals surface area contributed by atoms with E-state index in [0.29, 0.717) is 11.4 Å². The summed E-state index contributed by atoms with van der Waals surface area (Å²) in [6, 6.07) is -0.556. The second-order valence-electron chi connectivity index (χ2n) is 3.59. The molecule has 0 radical (unpaired) electrons. The Labute approximate surface area is 94.0 Å². The summed E-state index contributed by atoms with van der Waals surface area (Å²) in [7, 11) is 0. The maximum atomic E-state index is 11.4. The first kappa shape index (κ1) is 12.1. The highest BCUT2D eigenvalue weighted by Crippen LogP contribution is 2.12. The van der Waals surface area contributed by atoms with Gasteiger partial charge in [0.1, 0.15) is 0 Å². The number of nitrogens with one attached hydrogen (secondary N) is 1. The molecule has 5 nitrogen and oxygen atoms in total. The van der Waals surface area contributed by atoms with Crippen LogP contribution >= 0.6 is 12.2 Å². The number of nitrogens with zero attached hydrogens (tertiary/aromatic N) is 1. The molecule has 0 spiro atoms. The fourth-order valence-corrected chi connectivity index (χ4v) is 2.02. The molecule has 0 aliphatic carbocycles. The summed E-state index contributed by atoms with van der Waals surface area (Å²) in [5.74, 6) is -0.589. The van der Waals surface area contributed by atoms with E-state index in [1.165, 1.54) is 0 Å². The van der Waals surface area contributed by atoms with Crippen molar-refractivity contribution in [1.82, 2.24) is 10.2 Å². The van der Waals surface area contributed by atoms with Crippen molar-refractivity contribution in [1.29, 1.82) is 0 Å². The van der Waals surface area contributed by atoms with Crippen LogP contribution in [0.25, 0.3) is 0 Å². The van der Waals surface area contributed by atoms with E-state index < -0.39 is 0 Å². The second kappa shape index (κ2) is 4.67. The van der Waals surface area contributed by atoms with Crippen molar-refractivity contribution in [3.63, 3.8) is 0 Å². The third-order valence-corrected chi connectivity index (χ3v) is 2.85. The number of imide groups is 1. The van der Waals surface area contributed by atoms with E-state index in [4.69, 9.17) is 18.0 Å². The number of carbonyl (C=O) groups is 2. The Hall–Kier alpha value is -1.01. The van der Waals surface area contributed by atoms with Crippen molar-refractivity contribution in [2.45, 2.75) is 32.4 Å². The van der Waals surface area contributed by atoms with Crippen LogP contribution in [0.4, 0.5) is 0 Å². The van der Waals surface area contributed by atoms with Gasteiger partial charge in [-0.05, 0) is 13.3 Å². The lowest BCUT2D eigenvalue weighted by molar-refractivity contribution is -0.140. The Kier molecular flexibility index (Phi) is 3.76. The molecular weight excluding hydrogens is 214 g/mol. The standard InChI is InChI=1S/C9H15N3O2S/c1-3-6(8(10)15)12-4-7(13)11-9(14)5(12)2/h5-6H,3-4H2,1-2H3,(H2,10,15)(H,11,13,14). The van der Waals surface area contributed by atoms with E-state index in [1.807, 2.05) is 6.92 Å². The minimum Gasteiger partial charge on any atom is -0.392 e. The number of amides is 2. The van der Waals surface area contributed by atoms with Crippen LogP contribution in [-0.2, 0) is 9.59 Å². The molecular formula is C9H15N3O2S. The monoisotopic (exact) mass is 229 g/mol. The molecule has 84 valence electrons. The first-order valence-corrected chi connectivity index (χ1v) is 5.27. The van der Waals surface area contributed by atoms with Crippen molar-refractivity contribution in [3.8, 4) is 0 Å². The molecule has 0 aromatic heterocycles. The van der Waals surface area contributed by atoms with Gasteiger partial charge in [-0.15, -0.1) is 0 Å². The first-order valence-electron chi connectivity index (χ1n) is 4.86. The van der Waals surface area contributed by atoms with Gasteiger partial charge in [0, 0.05) is 0 Å². The fraction of sp³-hybridized carbons (Fsp3) is 0.667. The summed E-state index contributed by atoms with van der Waals surface area (Å²) in [4.78, 5) is 24.7. The SMILES string of the molecule is CCC(C(N)=S)N1CC(=O)NC(=O)C1C. The molecule has 2 unspecified atom stereocenters. The maximum absolute atomic E-state index is 11.4. The third kappa shape index (κ3) is 2.51. The second-order valence-corrected chi connectivity index (χ2v) is 4.06. The van der Waals surface area contributed by atoms with Gasteiger partial charge in [0.15, 0.2) is 0 Å². The van der Waals surface area contributed by atoms with E-state index >= 15 is 0 Å². The molecule has 1 rings (SSSR count). The van der Waals surface area contributed by atoms with Gasteiger partial charge in [-0.2, -0.15) is 0 Å². The molecule has 3 N–H and O–H groups in total. The van der Waals surface area contributed by atoms with Gasteiger partial charge < -0.3 is 5.73 Å². The Morgan fingerprint density at radius 2 is 2.33 bits per heavy atom. The normalized spacial score (nSPS) is 24.8. The fourth-order valence-electron chi connectivity index (χ4n) is 1.71. The maximum Gasteiger partial charge on any atom is 0.243 e. The van der Waals surface area contributed by atoms with Gasteiger partial charge in [-0.25, -0.2) is 0 Å². The molecule has 1 fully saturated rings. The molecule has 2 amide bonds. The van der Waals surface area contributed by atoms with Crippen LogP contribution in [-0.4, -0.2) is 40.3 Å². The average Bonchev–Trinajstić information content (AvgIpc) is 2.13. The number of hydrogen-bond donors (Lipinski definition) is 2. The molecule has 0 aromatic rings. The van der Waals surface area contributed by atoms with E-state index in [1.54, 1.807) is 11.8 Å². The highest BCUT2D eigenvalue weighted by atomic mass is 32.1. The lowest BCUT2D eigenvalue weighted by Crippen LogP contribution is -2.61. The Bertz CT molecular complexity index is 306. The quantitative estimate of drug-likeness (QED) is 0.499. The Morgan fingerprint density at radius 1 is 1.73 bits per heavy atom. The zero-order valence-corrected chi connectivity index (χ0v) is 9.63. The number of thiocarbonyl (C=S) groups is 1. The highest BCUT2D eigenvalue weighted by molar-refractivity contribution is 7.80. The smallest absolute Gasteiger partial charge is 0.243 e. The zero-order chi connectivity index (χ0) is 11.6. The van der Waals surface area contributed by atoms with Crippen LogP contribution in [0.3, 0.4) is 0 Å². The largest absolute Gasteiger partial charge is 0.392 e. The van der Waals surface area contributed by atoms with Gasteiger partial charge in [-0.1, -0.05) is 19.1 Å². The van der Waals surface area contributed by atoms with E-state index in [2.05, 4.69) is 5.32 Å². The van der Waals surface area contributed by atoms with Crippen molar-refractivity contribution in [2.24, 2.45) is 5.73 Å². The summed E-state index contributed by atoms with van der Waals surface area (Å²) in [6.45, 7) is 3.83. The summed E-state index contributed by atoms with van der Waals surface area (Å²) in [5.41, 5.74) is 5.58. The summed E-state index contributed by atoms with van der Waals surface area (Å²) in [6.07, 6.45) is 0.695. The van der Waals surface area contributed by atoms with Crippen LogP contribution < -0.4 is 11.1 Å². The molecule has 1 heterocycles. The summed E-state index contributed by atoms with van der Waals surface area (Å²) >= 11 is 4.92. The lowest BCUT2D eigenvalue weighted by atomic mass is 10.1. The van der Waals surface area contributed by atoms with Crippen molar-refractivity contribution in [3.05, 3.63) is 0 Å². The molecule has 6 heteroatoms. The molecule has 1 aliphatic heterocycles. The van der Waals surface area contributed by atoms with Crippen LogP contribution in [0.15, 0.2) is 0 Å². The van der Waals surface area contributed by atoms with Gasteiger partial charge in [-0.3, -0.25) is 19.8 Å². The minimum absolute atomic E-state index is 0.169. The Morgan fingerprint density at radius 3 is 2.80 bits per heavy atom. The van der Waals surface area contributed by atoms with Crippen molar-refractivity contribution in [2.75, 3.05) is 6.54 Å². The summed E-state index contributed by atoms with van der Waals surface area (Å²) in [5, 5.41) is 2.27. The van der Waals surface area contributed by atoms with Gasteiger partial charge in [0.05, 0.1) is 23.6 Å². The molecule has 1 saturated heterocycles. The van der Waals surface area contributed by atoms with Crippen molar-refractivity contribution < 1.29 is 9.59 Å². The van der Waals surface area contributed by atoms with Crippen LogP contribution in [0.2, 0.25) is 0 Å². The van der Waals surface area contributed by atoms with Crippen LogP contribution in [0, 0.1) is 0 Å². The van der Waals surface area contributed by atoms with E-state index in [9.17, 15) is 9.59 Å². The van der Waals surface area contributed by atoms with Gasteiger partial charge in [0.25, 0.3) is 0 Å². The Balaban J connectivity index is 2.86. The zero-order valence-electron chi connectivity index (χ0n) is 8.82. The molecule has 0 bridgehead atoms. The average molecular weight is 229 g/mol. The van der Waals surface area contributed by atoms with Gasteiger partial charge in [0.2, 0.25) is 11.8 Å². The number of nitrogens with two attached hydrogens (primary N) is 1. The van der Waals surface area contributed by atoms with Crippen LogP contribution in [0.5, 0.6) is 0 Å². The lowest BCUT2D eigenvalue weighted by Gasteiger charge is -2.36. The first-order chi connectivity index (χ1) is 6.97. The van der Waals surface area contributed by atoms with Crippen LogP contribution in [0.1, 0.15) is 20.3 Å². The number of piperazine rings is 1. The van der Waals surface area contributed by atoms with E-state index in [-0.39, 0.29) is 30.4 Å². The topological polar surface area (TPSA) is 75.4 Å². The number of rotatable bonds is 3. The van der Waals surface area contributed by atoms with Crippen molar-refractivity contribution >= 4 is 29.0 Å². The number of carbonyl (C=O) groups excluding carboxylic acids is 2. The number of hydrogen-bond acceptors (Lipinski definition) is 4. The molecule has 0 aromatic carbocycles. The molecule has 2 atom stereocenters. The third-order valence-electron chi connectivity index (χ3n) is 2.58. The van der Waals surface area contributed by atoms with Gasteiger partial charge >= 0.3 is 0 Å². The van der Waals surface area contributed by atoms with E-state index in [0.717, 1.165) is 0 Å². The summed E-state index contributed by atoms with van der Waals surface area (Å²) < 4.78 is 0. The minimum atomic E-state index is -0.367. The molecule has 15 heavy (non-hydrogen) atoms. The molecule has 1 aliphatic rings. The predicted octanol–water partition coefficient (Wildman–Crippen LogP) is -0.602. The predicted molar refractivity (Wildman–Crippen MR) is 60.2 cm³/mol. The highest BCUT2D eigenvalue weighted by Gasteiger charge is 2.35. The molecule has 0 saturated carbocycles.